The molecule has 29 heavy (non-hydrogen) atoms. The van der Waals surface area contributed by atoms with Gasteiger partial charge in [-0.2, -0.15) is 0 Å². The second-order valence-electron chi connectivity index (χ2n) is 7.20. The zero-order chi connectivity index (χ0) is 20.6. The van der Waals surface area contributed by atoms with Crippen LogP contribution >= 0.6 is 0 Å². The summed E-state index contributed by atoms with van der Waals surface area (Å²) in [6.07, 6.45) is 1.04. The summed E-state index contributed by atoms with van der Waals surface area (Å²) >= 11 is 0. The lowest BCUT2D eigenvalue weighted by molar-refractivity contribution is -0.118. The number of hydrogen-bond acceptors (Lipinski definition) is 2. The monoisotopic (exact) mass is 386 g/mol. The molecule has 0 heterocycles. The van der Waals surface area contributed by atoms with Crippen molar-refractivity contribution in [2.75, 3.05) is 19.0 Å². The molecule has 4 nitrogen and oxygen atoms in total. The van der Waals surface area contributed by atoms with E-state index in [9.17, 15) is 9.59 Å². The Balaban J connectivity index is 1.69. The van der Waals surface area contributed by atoms with Crippen LogP contribution in [0, 0.1) is 0 Å². The molecule has 3 aromatic rings. The van der Waals surface area contributed by atoms with Gasteiger partial charge in [0.05, 0.1) is 6.54 Å². The fourth-order valence-corrected chi connectivity index (χ4v) is 3.16. The lowest BCUT2D eigenvalue weighted by atomic mass is 10.1. The van der Waals surface area contributed by atoms with Crippen LogP contribution in [0.4, 0.5) is 5.69 Å². The number of nitrogens with zero attached hydrogens (tertiary/aromatic N) is 2. The molecule has 4 heteroatoms. The minimum atomic E-state index is -0.0225. The molecule has 0 bridgehead atoms. The van der Waals surface area contributed by atoms with E-state index in [0.29, 0.717) is 24.9 Å². The zero-order valence-corrected chi connectivity index (χ0v) is 16.9. The highest BCUT2D eigenvalue weighted by molar-refractivity contribution is 5.94. The van der Waals surface area contributed by atoms with Gasteiger partial charge in [0, 0.05) is 31.8 Å². The Labute approximate surface area is 172 Å². The van der Waals surface area contributed by atoms with E-state index in [0.717, 1.165) is 16.8 Å². The second-order valence-corrected chi connectivity index (χ2v) is 7.20. The zero-order valence-electron chi connectivity index (χ0n) is 16.9. The highest BCUT2D eigenvalue weighted by Crippen LogP contribution is 2.19. The van der Waals surface area contributed by atoms with Crippen molar-refractivity contribution in [3.8, 4) is 0 Å². The maximum absolute atomic E-state index is 13.1. The molecule has 2 amide bonds. The molecule has 148 valence electrons. The average molecular weight is 386 g/mol. The fourth-order valence-electron chi connectivity index (χ4n) is 3.16. The number of aryl methyl sites for hydroxylation is 1. The number of benzene rings is 3. The minimum Gasteiger partial charge on any atom is -0.345 e. The summed E-state index contributed by atoms with van der Waals surface area (Å²) in [5.74, 6) is 0.0548. The van der Waals surface area contributed by atoms with Crippen LogP contribution in [0.2, 0.25) is 0 Å². The van der Waals surface area contributed by atoms with Crippen LogP contribution in [-0.4, -0.2) is 30.8 Å². The van der Waals surface area contributed by atoms with E-state index < -0.39 is 0 Å². The van der Waals surface area contributed by atoms with E-state index in [1.807, 2.05) is 89.8 Å². The molecular weight excluding hydrogens is 360 g/mol. The Kier molecular flexibility index (Phi) is 6.80. The summed E-state index contributed by atoms with van der Waals surface area (Å²) < 4.78 is 0. The Bertz CT molecular complexity index is 936. The van der Waals surface area contributed by atoms with Crippen LogP contribution in [-0.2, 0) is 17.8 Å². The SMILES string of the molecule is CN(C)C(=O)c1ccc(CCC(=O)N(Cc2ccccc2)c2ccccc2)cc1. The van der Waals surface area contributed by atoms with Crippen molar-refractivity contribution >= 4 is 17.5 Å². The maximum Gasteiger partial charge on any atom is 0.253 e. The van der Waals surface area contributed by atoms with E-state index >= 15 is 0 Å². The quantitative estimate of drug-likeness (QED) is 0.597. The topological polar surface area (TPSA) is 40.6 Å². The summed E-state index contributed by atoms with van der Waals surface area (Å²) in [7, 11) is 3.47. The molecule has 0 unspecified atom stereocenters. The summed E-state index contributed by atoms with van der Waals surface area (Å²) in [6, 6.07) is 27.3. The van der Waals surface area contributed by atoms with E-state index in [1.165, 1.54) is 0 Å². The van der Waals surface area contributed by atoms with Gasteiger partial charge < -0.3 is 9.80 Å². The van der Waals surface area contributed by atoms with Crippen molar-refractivity contribution in [3.63, 3.8) is 0 Å². The molecule has 0 aliphatic carbocycles. The Morgan fingerprint density at radius 2 is 1.31 bits per heavy atom. The summed E-state index contributed by atoms with van der Waals surface area (Å²) in [5.41, 5.74) is 3.69. The van der Waals surface area contributed by atoms with Crippen molar-refractivity contribution in [2.24, 2.45) is 0 Å². The van der Waals surface area contributed by atoms with Crippen molar-refractivity contribution in [1.29, 1.82) is 0 Å². The summed E-state index contributed by atoms with van der Waals surface area (Å²) in [6.45, 7) is 0.542. The molecule has 0 N–H and O–H groups in total. The molecule has 0 saturated carbocycles. The number of rotatable bonds is 7. The van der Waals surface area contributed by atoms with Crippen LogP contribution < -0.4 is 4.90 Å². The largest absolute Gasteiger partial charge is 0.345 e. The number of hydrogen-bond donors (Lipinski definition) is 0. The van der Waals surface area contributed by atoms with E-state index in [1.54, 1.807) is 19.0 Å². The van der Waals surface area contributed by atoms with Crippen molar-refractivity contribution in [1.82, 2.24) is 4.90 Å². The molecule has 0 aromatic heterocycles. The molecule has 0 fully saturated rings. The van der Waals surface area contributed by atoms with Gasteiger partial charge >= 0.3 is 0 Å². The average Bonchev–Trinajstić information content (AvgIpc) is 2.77. The van der Waals surface area contributed by atoms with Gasteiger partial charge in [-0.15, -0.1) is 0 Å². The molecule has 3 aromatic carbocycles. The number of amides is 2. The van der Waals surface area contributed by atoms with E-state index in [2.05, 4.69) is 0 Å². The van der Waals surface area contributed by atoms with Crippen molar-refractivity contribution < 1.29 is 9.59 Å². The fraction of sp³-hybridized carbons (Fsp3) is 0.200. The molecule has 0 aliphatic heterocycles. The summed E-state index contributed by atoms with van der Waals surface area (Å²) in [4.78, 5) is 28.4. The number of carbonyl (C=O) groups excluding carboxylic acids is 2. The van der Waals surface area contributed by atoms with Gasteiger partial charge in [0.15, 0.2) is 0 Å². The molecule has 0 aliphatic rings. The van der Waals surface area contributed by atoms with Gasteiger partial charge in [-0.1, -0.05) is 60.7 Å². The van der Waals surface area contributed by atoms with Gasteiger partial charge in [0.1, 0.15) is 0 Å². The lowest BCUT2D eigenvalue weighted by Crippen LogP contribution is -2.30. The smallest absolute Gasteiger partial charge is 0.253 e. The third kappa shape index (κ3) is 5.55. The molecule has 0 saturated heterocycles. The number of anilines is 1. The molecule has 3 rings (SSSR count). The molecule has 0 atom stereocenters. The van der Waals surface area contributed by atoms with E-state index in [-0.39, 0.29) is 11.8 Å². The highest BCUT2D eigenvalue weighted by atomic mass is 16.2. The first kappa shape index (κ1) is 20.3. The van der Waals surface area contributed by atoms with Gasteiger partial charge in [0.25, 0.3) is 5.91 Å². The van der Waals surface area contributed by atoms with Gasteiger partial charge in [0.2, 0.25) is 5.91 Å². The summed E-state index contributed by atoms with van der Waals surface area (Å²) in [5, 5.41) is 0. The molecule has 0 spiro atoms. The van der Waals surface area contributed by atoms with Gasteiger partial charge in [-0.25, -0.2) is 0 Å². The third-order valence-electron chi connectivity index (χ3n) is 4.79. The maximum atomic E-state index is 13.1. The van der Waals surface area contributed by atoms with Crippen LogP contribution in [0.25, 0.3) is 0 Å². The second kappa shape index (κ2) is 9.69. The predicted octanol–water partition coefficient (Wildman–Crippen LogP) is 4.55. The van der Waals surface area contributed by atoms with Gasteiger partial charge in [-0.3, -0.25) is 9.59 Å². The first-order chi connectivity index (χ1) is 14.0. The first-order valence-corrected chi connectivity index (χ1v) is 9.74. The van der Waals surface area contributed by atoms with Crippen LogP contribution in [0.3, 0.4) is 0 Å². The normalized spacial score (nSPS) is 10.4. The van der Waals surface area contributed by atoms with Crippen LogP contribution in [0.5, 0.6) is 0 Å². The Morgan fingerprint density at radius 1 is 0.724 bits per heavy atom. The molecular formula is C25H26N2O2. The third-order valence-corrected chi connectivity index (χ3v) is 4.79. The van der Waals surface area contributed by atoms with Crippen molar-refractivity contribution in [2.45, 2.75) is 19.4 Å². The van der Waals surface area contributed by atoms with Gasteiger partial charge in [-0.05, 0) is 41.8 Å². The standard InChI is InChI=1S/C25H26N2O2/c1-26(2)25(29)22-16-13-20(14-17-22)15-18-24(28)27(23-11-7-4-8-12-23)19-21-9-5-3-6-10-21/h3-14,16-17H,15,18-19H2,1-2H3. The van der Waals surface area contributed by atoms with Crippen LogP contribution in [0.1, 0.15) is 27.9 Å². The Morgan fingerprint density at radius 3 is 1.90 bits per heavy atom. The lowest BCUT2D eigenvalue weighted by Gasteiger charge is -2.23. The minimum absolute atomic E-state index is 0.0225. The highest BCUT2D eigenvalue weighted by Gasteiger charge is 2.16. The predicted molar refractivity (Wildman–Crippen MR) is 117 cm³/mol. The van der Waals surface area contributed by atoms with Crippen molar-refractivity contribution in [3.05, 3.63) is 102 Å². The number of carbonyl (C=O) groups is 2. The number of para-hydroxylation sites is 1. The van der Waals surface area contributed by atoms with E-state index in [4.69, 9.17) is 0 Å². The first-order valence-electron chi connectivity index (χ1n) is 9.74. The Hall–Kier alpha value is -3.40. The molecule has 0 radical (unpaired) electrons. The van der Waals surface area contributed by atoms with Crippen LogP contribution in [0.15, 0.2) is 84.9 Å².